The summed E-state index contributed by atoms with van der Waals surface area (Å²) in [5.74, 6) is 0.140. The minimum absolute atomic E-state index is 0.0875. The fourth-order valence-corrected chi connectivity index (χ4v) is 2.37. The Kier molecular flexibility index (Phi) is 4.76. The molecular weight excluding hydrogens is 303 g/mol. The van der Waals surface area contributed by atoms with Gasteiger partial charge >= 0.3 is 5.51 Å². The molecule has 1 saturated heterocycles. The van der Waals surface area contributed by atoms with Crippen LogP contribution in [0.4, 0.5) is 13.2 Å². The van der Waals surface area contributed by atoms with Gasteiger partial charge < -0.3 is 5.32 Å². The van der Waals surface area contributed by atoms with Crippen LogP contribution >= 0.6 is 11.8 Å². The standard InChI is InChI=1S/C13H14F3N3OS/c1-2-7-17-12-18-10(11(20)19-12)8-3-5-9(6-4-8)21-13(14,15)16/h3-6,10H,2,7H2,1H3,(H2,17,18,19,20). The van der Waals surface area contributed by atoms with Crippen molar-refractivity contribution in [1.29, 1.82) is 0 Å². The number of guanidine groups is 1. The van der Waals surface area contributed by atoms with E-state index in [0.717, 1.165) is 6.42 Å². The lowest BCUT2D eigenvalue weighted by atomic mass is 10.1. The fourth-order valence-electron chi connectivity index (χ4n) is 1.83. The summed E-state index contributed by atoms with van der Waals surface area (Å²) in [5.41, 5.74) is -3.72. The second kappa shape index (κ2) is 6.38. The van der Waals surface area contributed by atoms with Crippen LogP contribution in [0.2, 0.25) is 0 Å². The average molecular weight is 317 g/mol. The lowest BCUT2D eigenvalue weighted by molar-refractivity contribution is -0.120. The summed E-state index contributed by atoms with van der Waals surface area (Å²) in [7, 11) is 0. The van der Waals surface area contributed by atoms with E-state index in [0.29, 0.717) is 18.1 Å². The molecule has 1 heterocycles. The quantitative estimate of drug-likeness (QED) is 0.840. The highest BCUT2D eigenvalue weighted by atomic mass is 32.2. The Morgan fingerprint density at radius 3 is 2.52 bits per heavy atom. The SMILES string of the molecule is CCCN=C1NC(=O)C(c2ccc(SC(F)(F)F)cc2)N1. The molecule has 1 aromatic carbocycles. The molecule has 8 heteroatoms. The van der Waals surface area contributed by atoms with Gasteiger partial charge in [0.2, 0.25) is 0 Å². The van der Waals surface area contributed by atoms with E-state index < -0.39 is 11.6 Å². The van der Waals surface area contributed by atoms with E-state index in [9.17, 15) is 18.0 Å². The zero-order chi connectivity index (χ0) is 15.5. The van der Waals surface area contributed by atoms with Gasteiger partial charge in [-0.2, -0.15) is 13.2 Å². The number of carbonyl (C=O) groups is 1. The number of hydrogen-bond donors (Lipinski definition) is 2. The van der Waals surface area contributed by atoms with Crippen molar-refractivity contribution in [3.05, 3.63) is 29.8 Å². The Bertz CT molecular complexity index is 543. The van der Waals surface area contributed by atoms with Crippen LogP contribution in [-0.4, -0.2) is 23.9 Å². The van der Waals surface area contributed by atoms with Crippen molar-refractivity contribution < 1.29 is 18.0 Å². The van der Waals surface area contributed by atoms with Gasteiger partial charge in [-0.3, -0.25) is 15.1 Å². The van der Waals surface area contributed by atoms with Crippen molar-refractivity contribution in [3.63, 3.8) is 0 Å². The van der Waals surface area contributed by atoms with Gasteiger partial charge in [0.25, 0.3) is 5.91 Å². The van der Waals surface area contributed by atoms with Crippen LogP contribution in [0, 0.1) is 0 Å². The minimum atomic E-state index is -4.31. The molecule has 2 rings (SSSR count). The van der Waals surface area contributed by atoms with Crippen molar-refractivity contribution in [3.8, 4) is 0 Å². The summed E-state index contributed by atoms with van der Waals surface area (Å²) in [5, 5.41) is 5.52. The maximum Gasteiger partial charge on any atom is 0.446 e. The lowest BCUT2D eigenvalue weighted by Gasteiger charge is -2.10. The molecule has 0 bridgehead atoms. The van der Waals surface area contributed by atoms with Crippen LogP contribution in [0.5, 0.6) is 0 Å². The number of amides is 1. The normalized spacial score (nSPS) is 20.5. The number of rotatable bonds is 4. The van der Waals surface area contributed by atoms with E-state index in [1.54, 1.807) is 0 Å². The maximum atomic E-state index is 12.2. The first-order valence-corrected chi connectivity index (χ1v) is 7.18. The van der Waals surface area contributed by atoms with Crippen molar-refractivity contribution in [2.75, 3.05) is 6.54 Å². The largest absolute Gasteiger partial charge is 0.446 e. The van der Waals surface area contributed by atoms with Crippen LogP contribution in [0.1, 0.15) is 24.9 Å². The van der Waals surface area contributed by atoms with Gasteiger partial charge in [-0.15, -0.1) is 0 Å². The second-order valence-electron chi connectivity index (χ2n) is 4.41. The fraction of sp³-hybridized carbons (Fsp3) is 0.385. The van der Waals surface area contributed by atoms with Gasteiger partial charge in [-0.1, -0.05) is 19.1 Å². The Labute approximate surface area is 124 Å². The van der Waals surface area contributed by atoms with Crippen LogP contribution in [-0.2, 0) is 4.79 Å². The number of nitrogens with zero attached hydrogens (tertiary/aromatic N) is 1. The van der Waals surface area contributed by atoms with Gasteiger partial charge in [0, 0.05) is 11.4 Å². The van der Waals surface area contributed by atoms with Crippen LogP contribution in [0.15, 0.2) is 34.2 Å². The van der Waals surface area contributed by atoms with Gasteiger partial charge in [0.1, 0.15) is 6.04 Å². The first kappa shape index (κ1) is 15.7. The highest BCUT2D eigenvalue weighted by Crippen LogP contribution is 2.37. The van der Waals surface area contributed by atoms with Crippen molar-refractivity contribution >= 4 is 23.6 Å². The summed E-state index contributed by atoms with van der Waals surface area (Å²) >= 11 is -0.180. The molecule has 4 nitrogen and oxygen atoms in total. The Morgan fingerprint density at radius 1 is 1.29 bits per heavy atom. The van der Waals surface area contributed by atoms with Crippen LogP contribution in [0.3, 0.4) is 0 Å². The number of hydrogen-bond acceptors (Lipinski definition) is 3. The molecule has 1 aliphatic rings. The smallest absolute Gasteiger partial charge is 0.340 e. The van der Waals surface area contributed by atoms with Gasteiger partial charge in [-0.05, 0) is 35.9 Å². The summed E-state index contributed by atoms with van der Waals surface area (Å²) in [6.07, 6.45) is 0.856. The summed E-state index contributed by atoms with van der Waals surface area (Å²) in [4.78, 5) is 16.1. The third-order valence-corrected chi connectivity index (χ3v) is 3.46. The average Bonchev–Trinajstić information content (AvgIpc) is 2.77. The van der Waals surface area contributed by atoms with E-state index in [-0.39, 0.29) is 22.6 Å². The third kappa shape index (κ3) is 4.38. The second-order valence-corrected chi connectivity index (χ2v) is 5.55. The molecule has 1 atom stereocenters. The molecule has 1 aliphatic heterocycles. The Balaban J connectivity index is 2.07. The first-order valence-electron chi connectivity index (χ1n) is 6.36. The van der Waals surface area contributed by atoms with E-state index in [2.05, 4.69) is 15.6 Å². The number of aliphatic imine (C=N–C) groups is 1. The minimum Gasteiger partial charge on any atom is -0.340 e. The monoisotopic (exact) mass is 317 g/mol. The van der Waals surface area contributed by atoms with Crippen molar-refractivity contribution in [2.24, 2.45) is 4.99 Å². The number of nitrogens with one attached hydrogen (secondary N) is 2. The molecule has 1 unspecified atom stereocenters. The lowest BCUT2D eigenvalue weighted by Crippen LogP contribution is -2.25. The van der Waals surface area contributed by atoms with Crippen molar-refractivity contribution in [2.45, 2.75) is 29.8 Å². The van der Waals surface area contributed by atoms with E-state index in [1.165, 1.54) is 24.3 Å². The first-order chi connectivity index (χ1) is 9.89. The summed E-state index contributed by atoms with van der Waals surface area (Å²) in [6.45, 7) is 2.56. The van der Waals surface area contributed by atoms with Crippen molar-refractivity contribution in [1.82, 2.24) is 10.6 Å². The molecule has 1 aromatic rings. The van der Waals surface area contributed by atoms with E-state index in [4.69, 9.17) is 0 Å². The highest BCUT2D eigenvalue weighted by molar-refractivity contribution is 8.00. The molecule has 0 aliphatic carbocycles. The number of carbonyl (C=O) groups excluding carboxylic acids is 1. The Hall–Kier alpha value is -1.70. The summed E-state index contributed by atoms with van der Waals surface area (Å²) in [6, 6.07) is 5.10. The predicted molar refractivity (Wildman–Crippen MR) is 75.0 cm³/mol. The van der Waals surface area contributed by atoms with Gasteiger partial charge in [0.15, 0.2) is 5.96 Å². The zero-order valence-electron chi connectivity index (χ0n) is 11.2. The molecule has 1 amide bonds. The van der Waals surface area contributed by atoms with E-state index in [1.807, 2.05) is 6.92 Å². The number of halogens is 3. The third-order valence-electron chi connectivity index (χ3n) is 2.73. The zero-order valence-corrected chi connectivity index (χ0v) is 12.0. The molecule has 2 N–H and O–H groups in total. The molecule has 0 saturated carbocycles. The topological polar surface area (TPSA) is 53.5 Å². The number of thioether (sulfide) groups is 1. The van der Waals surface area contributed by atoms with E-state index >= 15 is 0 Å². The predicted octanol–water partition coefficient (Wildman–Crippen LogP) is 2.83. The molecule has 0 spiro atoms. The summed E-state index contributed by atoms with van der Waals surface area (Å²) < 4.78 is 36.7. The molecule has 1 fully saturated rings. The molecular formula is C13H14F3N3OS. The molecule has 0 aromatic heterocycles. The van der Waals surface area contributed by atoms with Gasteiger partial charge in [-0.25, -0.2) is 0 Å². The Morgan fingerprint density at radius 2 is 1.95 bits per heavy atom. The molecule has 21 heavy (non-hydrogen) atoms. The number of alkyl halides is 3. The van der Waals surface area contributed by atoms with Crippen LogP contribution in [0.25, 0.3) is 0 Å². The van der Waals surface area contributed by atoms with Gasteiger partial charge in [0.05, 0.1) is 0 Å². The highest BCUT2D eigenvalue weighted by Gasteiger charge is 2.31. The number of benzene rings is 1. The molecule has 0 radical (unpaired) electrons. The maximum absolute atomic E-state index is 12.2. The van der Waals surface area contributed by atoms with Crippen LogP contribution < -0.4 is 10.6 Å². The molecule has 114 valence electrons.